The van der Waals surface area contributed by atoms with Gasteiger partial charge < -0.3 is 10.1 Å². The van der Waals surface area contributed by atoms with Gasteiger partial charge in [0.25, 0.3) is 0 Å². The van der Waals surface area contributed by atoms with Crippen molar-refractivity contribution in [3.05, 3.63) is 23.8 Å². The van der Waals surface area contributed by atoms with Crippen molar-refractivity contribution in [3.8, 4) is 5.75 Å². The largest absolute Gasteiger partial charge is 0.508 e. The molecule has 1 heterocycles. The second kappa shape index (κ2) is 3.50. The molecule has 0 unspecified atom stereocenters. The van der Waals surface area contributed by atoms with Crippen molar-refractivity contribution in [1.29, 1.82) is 0 Å². The number of hydrogen-bond donors (Lipinski definition) is 2. The Bertz CT molecular complexity index is 557. The lowest BCUT2D eigenvalue weighted by atomic mass is 9.71. The van der Waals surface area contributed by atoms with E-state index in [0.29, 0.717) is 15.4 Å². The monoisotopic (exact) mass is 240 g/mol. The van der Waals surface area contributed by atoms with Gasteiger partial charge in [0, 0.05) is 0 Å². The summed E-state index contributed by atoms with van der Waals surface area (Å²) in [6, 6.07) is 4.30. The first-order valence-electron chi connectivity index (χ1n) is 4.44. The van der Waals surface area contributed by atoms with Crippen LogP contribution in [0.1, 0.15) is 5.56 Å². The molecule has 0 aromatic heterocycles. The summed E-state index contributed by atoms with van der Waals surface area (Å²) in [5, 5.41) is 22.7. The molecule has 2 N–H and O–H groups in total. The van der Waals surface area contributed by atoms with Gasteiger partial charge in [0.15, 0.2) is 0 Å². The van der Waals surface area contributed by atoms with Crippen LogP contribution in [0.3, 0.4) is 0 Å². The number of phenolic OH excluding ortho intramolecular Hbond substituents is 1. The maximum absolute atomic E-state index is 11.3. The normalized spacial score (nSPS) is 15.1. The number of hydrogen-bond acceptors (Lipinski definition) is 5. The van der Waals surface area contributed by atoms with Crippen molar-refractivity contribution in [3.63, 3.8) is 0 Å². The number of nitrogens with zero attached hydrogens (tertiary/aromatic N) is 2. The molecule has 0 saturated carbocycles. The zero-order chi connectivity index (χ0) is 11.9. The minimum Gasteiger partial charge on any atom is -0.508 e. The van der Waals surface area contributed by atoms with Crippen LogP contribution in [0, 0.1) is 0 Å². The molecular weight excluding hydrogens is 231 g/mol. The quantitative estimate of drug-likeness (QED) is 0.596. The molecule has 0 bridgehead atoms. The SMILES string of the molecule is CS(=O)(=O)N1N=Cc2ccc(O)cc2B1O. The minimum atomic E-state index is -3.63. The zero-order valence-corrected chi connectivity index (χ0v) is 9.22. The number of phenols is 1. The molecule has 0 fully saturated rings. The van der Waals surface area contributed by atoms with E-state index in [4.69, 9.17) is 0 Å². The lowest BCUT2D eigenvalue weighted by Crippen LogP contribution is -2.51. The molecule has 0 radical (unpaired) electrons. The Morgan fingerprint density at radius 2 is 2.12 bits per heavy atom. The molecule has 8 heteroatoms. The summed E-state index contributed by atoms with van der Waals surface area (Å²) in [5.41, 5.74) is 0.880. The molecule has 0 spiro atoms. The molecule has 0 amide bonds. The number of benzene rings is 1. The van der Waals surface area contributed by atoms with Crippen molar-refractivity contribution in [2.45, 2.75) is 0 Å². The smallest absolute Gasteiger partial charge is 0.484 e. The predicted octanol–water partition coefficient (Wildman–Crippen LogP) is -1.31. The van der Waals surface area contributed by atoms with E-state index in [0.717, 1.165) is 6.26 Å². The van der Waals surface area contributed by atoms with Crippen molar-refractivity contribution in [2.24, 2.45) is 5.10 Å². The van der Waals surface area contributed by atoms with Crippen LogP contribution in [0.25, 0.3) is 0 Å². The Labute approximate surface area is 93.0 Å². The van der Waals surface area contributed by atoms with Gasteiger partial charge in [-0.2, -0.15) is 5.10 Å². The van der Waals surface area contributed by atoms with Crippen LogP contribution in [-0.2, 0) is 10.0 Å². The number of fused-ring (bicyclic) bond motifs is 1. The van der Waals surface area contributed by atoms with Gasteiger partial charge in [-0.3, -0.25) is 0 Å². The first-order chi connectivity index (χ1) is 7.39. The summed E-state index contributed by atoms with van der Waals surface area (Å²) in [7, 11) is -5.03. The second-order valence-electron chi connectivity index (χ2n) is 3.47. The number of hydrazone groups is 1. The van der Waals surface area contributed by atoms with E-state index in [-0.39, 0.29) is 5.75 Å². The van der Waals surface area contributed by atoms with Crippen molar-refractivity contribution < 1.29 is 18.5 Å². The van der Waals surface area contributed by atoms with Crippen LogP contribution in [0.15, 0.2) is 23.3 Å². The van der Waals surface area contributed by atoms with Gasteiger partial charge in [0.1, 0.15) is 5.75 Å². The highest BCUT2D eigenvalue weighted by Gasteiger charge is 2.35. The molecular formula is C8H9BN2O4S. The Morgan fingerprint density at radius 3 is 2.75 bits per heavy atom. The molecule has 1 aliphatic rings. The van der Waals surface area contributed by atoms with Gasteiger partial charge >= 0.3 is 7.05 Å². The highest BCUT2D eigenvalue weighted by atomic mass is 32.2. The van der Waals surface area contributed by atoms with Gasteiger partial charge in [-0.25, -0.2) is 12.7 Å². The molecule has 84 valence electrons. The van der Waals surface area contributed by atoms with Gasteiger partial charge in [-0.1, -0.05) is 6.07 Å². The molecule has 0 aliphatic carbocycles. The van der Waals surface area contributed by atoms with E-state index in [1.54, 1.807) is 6.07 Å². The number of sulfonamides is 1. The first kappa shape index (κ1) is 11.0. The lowest BCUT2D eigenvalue weighted by Gasteiger charge is -2.24. The Kier molecular flexibility index (Phi) is 2.40. The van der Waals surface area contributed by atoms with Crippen LogP contribution < -0.4 is 5.46 Å². The molecule has 1 aromatic rings. The van der Waals surface area contributed by atoms with Gasteiger partial charge in [0.05, 0.1) is 12.5 Å². The fourth-order valence-electron chi connectivity index (χ4n) is 1.47. The van der Waals surface area contributed by atoms with E-state index in [1.807, 2.05) is 0 Å². The Hall–Kier alpha value is -1.54. The van der Waals surface area contributed by atoms with Crippen LogP contribution in [0.4, 0.5) is 0 Å². The van der Waals surface area contributed by atoms with E-state index < -0.39 is 17.1 Å². The molecule has 0 saturated heterocycles. The average molecular weight is 240 g/mol. The molecule has 1 aliphatic heterocycles. The fourth-order valence-corrected chi connectivity index (χ4v) is 2.17. The predicted molar refractivity (Wildman–Crippen MR) is 60.0 cm³/mol. The average Bonchev–Trinajstić information content (AvgIpc) is 2.17. The van der Waals surface area contributed by atoms with Gasteiger partial charge in [0.2, 0.25) is 10.0 Å². The fraction of sp³-hybridized carbons (Fsp3) is 0.125. The second-order valence-corrected chi connectivity index (χ2v) is 5.31. The third-order valence-corrected chi connectivity index (χ3v) is 3.18. The van der Waals surface area contributed by atoms with Crippen molar-refractivity contribution in [1.82, 2.24) is 4.33 Å². The van der Waals surface area contributed by atoms with Crippen LogP contribution in [-0.4, -0.2) is 42.4 Å². The zero-order valence-electron chi connectivity index (χ0n) is 8.40. The standard InChI is InChI=1S/C8H9BN2O4S/c1-16(14,15)11-9(13)8-4-7(12)3-2-6(8)5-10-11/h2-5,12-13H,1H3. The minimum absolute atomic E-state index is 0.0402. The Morgan fingerprint density at radius 1 is 1.44 bits per heavy atom. The lowest BCUT2D eigenvalue weighted by molar-refractivity contribution is 0.470. The van der Waals surface area contributed by atoms with E-state index in [1.165, 1.54) is 18.3 Å². The summed E-state index contributed by atoms with van der Waals surface area (Å²) in [4.78, 5) is 0. The maximum Gasteiger partial charge on any atom is 0.484 e. The summed E-state index contributed by atoms with van der Waals surface area (Å²) in [6.07, 6.45) is 2.27. The van der Waals surface area contributed by atoms with E-state index >= 15 is 0 Å². The number of aromatic hydroxyl groups is 1. The number of rotatable bonds is 1. The summed E-state index contributed by atoms with van der Waals surface area (Å²) in [6.45, 7) is 0. The third-order valence-electron chi connectivity index (χ3n) is 2.21. The highest BCUT2D eigenvalue weighted by molar-refractivity contribution is 7.89. The summed E-state index contributed by atoms with van der Waals surface area (Å²) >= 11 is 0. The summed E-state index contributed by atoms with van der Waals surface area (Å²) < 4.78 is 23.2. The molecule has 2 rings (SSSR count). The maximum atomic E-state index is 11.3. The van der Waals surface area contributed by atoms with Crippen LogP contribution in [0.2, 0.25) is 0 Å². The van der Waals surface area contributed by atoms with Gasteiger partial charge in [-0.05, 0) is 23.2 Å². The third kappa shape index (κ3) is 1.77. The summed E-state index contributed by atoms with van der Waals surface area (Å²) in [5.74, 6) is -0.0402. The van der Waals surface area contributed by atoms with Crippen molar-refractivity contribution in [2.75, 3.05) is 6.26 Å². The van der Waals surface area contributed by atoms with E-state index in [9.17, 15) is 18.5 Å². The van der Waals surface area contributed by atoms with Crippen LogP contribution >= 0.6 is 0 Å². The van der Waals surface area contributed by atoms with Gasteiger partial charge in [-0.15, -0.1) is 0 Å². The topological polar surface area (TPSA) is 90.2 Å². The van der Waals surface area contributed by atoms with Crippen LogP contribution in [0.5, 0.6) is 5.75 Å². The highest BCUT2D eigenvalue weighted by Crippen LogP contribution is 2.13. The van der Waals surface area contributed by atoms with E-state index in [2.05, 4.69) is 5.10 Å². The molecule has 16 heavy (non-hydrogen) atoms. The molecule has 6 nitrogen and oxygen atoms in total. The first-order valence-corrected chi connectivity index (χ1v) is 6.29. The Balaban J connectivity index is 2.53. The molecule has 1 aromatic carbocycles. The molecule has 0 atom stereocenters. The van der Waals surface area contributed by atoms with Crippen molar-refractivity contribution >= 4 is 28.8 Å².